The second-order valence-electron chi connectivity index (χ2n) is 4.07. The zero-order valence-corrected chi connectivity index (χ0v) is 9.55. The summed E-state index contributed by atoms with van der Waals surface area (Å²) in [6.45, 7) is 0. The first-order chi connectivity index (χ1) is 8.72. The molecule has 0 saturated heterocycles. The number of fused-ring (bicyclic) bond motifs is 1. The Morgan fingerprint density at radius 2 is 2.00 bits per heavy atom. The first-order valence-electron chi connectivity index (χ1n) is 5.56. The van der Waals surface area contributed by atoms with Crippen LogP contribution in [0.5, 0.6) is 0 Å². The smallest absolute Gasteiger partial charge is 0.178 e. The zero-order chi connectivity index (χ0) is 12.5. The highest BCUT2D eigenvalue weighted by atomic mass is 19.1. The van der Waals surface area contributed by atoms with Gasteiger partial charge in [-0.3, -0.25) is 0 Å². The van der Waals surface area contributed by atoms with E-state index < -0.39 is 5.82 Å². The van der Waals surface area contributed by atoms with Crippen LogP contribution in [0.1, 0.15) is 11.4 Å². The summed E-state index contributed by atoms with van der Waals surface area (Å²) in [6, 6.07) is 11.1. The first-order valence-corrected chi connectivity index (χ1v) is 5.56. The van der Waals surface area contributed by atoms with Crippen LogP contribution in [0.25, 0.3) is 5.65 Å². The molecule has 0 amide bonds. The summed E-state index contributed by atoms with van der Waals surface area (Å²) in [5.41, 5.74) is 7.59. The molecule has 0 bridgehead atoms. The van der Waals surface area contributed by atoms with E-state index in [9.17, 15) is 4.39 Å². The number of hydrogen-bond acceptors (Lipinski definition) is 3. The van der Waals surface area contributed by atoms with Crippen LogP contribution in [0.2, 0.25) is 0 Å². The number of nitrogens with zero attached hydrogens (tertiary/aromatic N) is 3. The standard InChI is InChI=1S/C13H11FN4/c14-10-7-11(15)13-16-12(17-18(13)8-10)6-9-4-2-1-3-5-9/h1-5,7-8H,6,15H2. The maximum atomic E-state index is 13.2. The molecule has 90 valence electrons. The lowest BCUT2D eigenvalue weighted by Crippen LogP contribution is -1.95. The molecule has 0 saturated carbocycles. The quantitative estimate of drug-likeness (QED) is 0.748. The van der Waals surface area contributed by atoms with Gasteiger partial charge in [0, 0.05) is 12.5 Å². The van der Waals surface area contributed by atoms with Crippen molar-refractivity contribution >= 4 is 11.3 Å². The first kappa shape index (κ1) is 10.7. The van der Waals surface area contributed by atoms with Gasteiger partial charge in [-0.25, -0.2) is 13.9 Å². The summed E-state index contributed by atoms with van der Waals surface area (Å²) in [5, 5.41) is 4.22. The van der Waals surface area contributed by atoms with E-state index in [0.717, 1.165) is 5.56 Å². The highest BCUT2D eigenvalue weighted by Crippen LogP contribution is 2.14. The van der Waals surface area contributed by atoms with Crippen LogP contribution in [-0.2, 0) is 6.42 Å². The molecule has 0 unspecified atom stereocenters. The van der Waals surface area contributed by atoms with Crippen molar-refractivity contribution < 1.29 is 4.39 Å². The summed E-state index contributed by atoms with van der Waals surface area (Å²) in [7, 11) is 0. The van der Waals surface area contributed by atoms with E-state index in [0.29, 0.717) is 23.6 Å². The molecule has 3 rings (SSSR count). The maximum Gasteiger partial charge on any atom is 0.178 e. The van der Waals surface area contributed by atoms with Crippen LogP contribution in [0.3, 0.4) is 0 Å². The fourth-order valence-electron chi connectivity index (χ4n) is 1.87. The molecular formula is C13H11FN4. The third-order valence-corrected chi connectivity index (χ3v) is 2.68. The van der Waals surface area contributed by atoms with E-state index in [2.05, 4.69) is 10.1 Å². The van der Waals surface area contributed by atoms with E-state index in [1.807, 2.05) is 30.3 Å². The minimum absolute atomic E-state index is 0.293. The topological polar surface area (TPSA) is 56.2 Å². The molecule has 2 heterocycles. The van der Waals surface area contributed by atoms with Crippen molar-refractivity contribution in [2.45, 2.75) is 6.42 Å². The number of rotatable bonds is 2. The van der Waals surface area contributed by atoms with Crippen LogP contribution in [0.15, 0.2) is 42.6 Å². The Hall–Kier alpha value is -2.43. The van der Waals surface area contributed by atoms with E-state index in [-0.39, 0.29) is 0 Å². The lowest BCUT2D eigenvalue weighted by atomic mass is 10.1. The van der Waals surface area contributed by atoms with Crippen LogP contribution in [-0.4, -0.2) is 14.6 Å². The van der Waals surface area contributed by atoms with Gasteiger partial charge in [-0.1, -0.05) is 30.3 Å². The molecule has 0 aliphatic heterocycles. The fraction of sp³-hybridized carbons (Fsp3) is 0.0769. The summed E-state index contributed by atoms with van der Waals surface area (Å²) in [6.07, 6.45) is 1.87. The van der Waals surface area contributed by atoms with Gasteiger partial charge in [-0.15, -0.1) is 0 Å². The zero-order valence-electron chi connectivity index (χ0n) is 9.55. The van der Waals surface area contributed by atoms with Crippen molar-refractivity contribution in [3.05, 3.63) is 59.8 Å². The van der Waals surface area contributed by atoms with Gasteiger partial charge >= 0.3 is 0 Å². The normalized spacial score (nSPS) is 10.9. The molecule has 0 spiro atoms. The Kier molecular flexibility index (Phi) is 2.44. The molecule has 18 heavy (non-hydrogen) atoms. The Morgan fingerprint density at radius 1 is 1.22 bits per heavy atom. The van der Waals surface area contributed by atoms with Gasteiger partial charge in [0.1, 0.15) is 5.82 Å². The van der Waals surface area contributed by atoms with E-state index in [1.165, 1.54) is 16.8 Å². The summed E-state index contributed by atoms with van der Waals surface area (Å²) < 4.78 is 14.5. The second kappa shape index (κ2) is 4.10. The lowest BCUT2D eigenvalue weighted by Gasteiger charge is -1.95. The number of anilines is 1. The fourth-order valence-corrected chi connectivity index (χ4v) is 1.87. The van der Waals surface area contributed by atoms with Gasteiger partial charge in [-0.2, -0.15) is 5.10 Å². The predicted molar refractivity (Wildman–Crippen MR) is 66.6 cm³/mol. The highest BCUT2D eigenvalue weighted by molar-refractivity contribution is 5.63. The van der Waals surface area contributed by atoms with Gasteiger partial charge in [-0.05, 0) is 5.56 Å². The molecule has 0 radical (unpaired) electrons. The number of benzene rings is 1. The Balaban J connectivity index is 2.01. The second-order valence-corrected chi connectivity index (χ2v) is 4.07. The molecule has 0 aliphatic rings. The number of hydrogen-bond donors (Lipinski definition) is 1. The molecule has 2 N–H and O–H groups in total. The average Bonchev–Trinajstić information content (AvgIpc) is 2.73. The number of nitrogen functional groups attached to an aromatic ring is 1. The number of halogens is 1. The number of nitrogens with two attached hydrogens (primary N) is 1. The molecule has 0 aliphatic carbocycles. The molecule has 2 aromatic heterocycles. The monoisotopic (exact) mass is 242 g/mol. The largest absolute Gasteiger partial charge is 0.396 e. The average molecular weight is 242 g/mol. The highest BCUT2D eigenvalue weighted by Gasteiger charge is 2.08. The molecule has 0 fully saturated rings. The van der Waals surface area contributed by atoms with Crippen LogP contribution in [0.4, 0.5) is 10.1 Å². The summed E-state index contributed by atoms with van der Waals surface area (Å²) in [5.74, 6) is 0.203. The van der Waals surface area contributed by atoms with Gasteiger partial charge in [0.25, 0.3) is 0 Å². The number of aromatic nitrogens is 3. The third kappa shape index (κ3) is 1.90. The Morgan fingerprint density at radius 3 is 2.78 bits per heavy atom. The van der Waals surface area contributed by atoms with E-state index in [1.54, 1.807) is 0 Å². The van der Waals surface area contributed by atoms with Crippen molar-refractivity contribution in [2.75, 3.05) is 5.73 Å². The molecule has 5 heteroatoms. The van der Waals surface area contributed by atoms with Gasteiger partial charge in [0.15, 0.2) is 11.5 Å². The minimum atomic E-state index is -0.420. The minimum Gasteiger partial charge on any atom is -0.396 e. The number of pyridine rings is 1. The summed E-state index contributed by atoms with van der Waals surface area (Å²) >= 11 is 0. The van der Waals surface area contributed by atoms with Crippen molar-refractivity contribution in [2.24, 2.45) is 0 Å². The third-order valence-electron chi connectivity index (χ3n) is 2.68. The molecule has 0 atom stereocenters. The van der Waals surface area contributed by atoms with E-state index in [4.69, 9.17) is 5.73 Å². The maximum absolute atomic E-state index is 13.2. The Bertz CT molecular complexity index is 691. The van der Waals surface area contributed by atoms with Crippen LogP contribution in [0, 0.1) is 5.82 Å². The lowest BCUT2D eigenvalue weighted by molar-refractivity contribution is 0.615. The van der Waals surface area contributed by atoms with Crippen molar-refractivity contribution in [1.29, 1.82) is 0 Å². The van der Waals surface area contributed by atoms with Crippen LogP contribution < -0.4 is 5.73 Å². The van der Waals surface area contributed by atoms with Gasteiger partial charge in [0.05, 0.1) is 11.9 Å². The van der Waals surface area contributed by atoms with Crippen molar-refractivity contribution in [1.82, 2.24) is 14.6 Å². The predicted octanol–water partition coefficient (Wildman–Crippen LogP) is 2.04. The molecular weight excluding hydrogens is 231 g/mol. The SMILES string of the molecule is Nc1cc(F)cn2nc(Cc3ccccc3)nc12. The molecule has 3 aromatic rings. The Labute approximate surface area is 103 Å². The van der Waals surface area contributed by atoms with Gasteiger partial charge in [0.2, 0.25) is 0 Å². The van der Waals surface area contributed by atoms with Crippen LogP contribution >= 0.6 is 0 Å². The van der Waals surface area contributed by atoms with Gasteiger partial charge < -0.3 is 5.73 Å². The van der Waals surface area contributed by atoms with E-state index >= 15 is 0 Å². The van der Waals surface area contributed by atoms with Crippen molar-refractivity contribution in [3.8, 4) is 0 Å². The molecule has 1 aromatic carbocycles. The van der Waals surface area contributed by atoms with Crippen molar-refractivity contribution in [3.63, 3.8) is 0 Å². The molecule has 4 nitrogen and oxygen atoms in total. The summed E-state index contributed by atoms with van der Waals surface area (Å²) in [4.78, 5) is 4.31.